The van der Waals surface area contributed by atoms with E-state index in [2.05, 4.69) is 20.6 Å². The molecule has 2 aromatic rings. The highest BCUT2D eigenvalue weighted by Crippen LogP contribution is 2.18. The number of carbonyl (C=O) groups is 1. The normalized spacial score (nSPS) is 11.1. The van der Waals surface area contributed by atoms with Gasteiger partial charge >= 0.3 is 6.09 Å². The van der Waals surface area contributed by atoms with E-state index >= 15 is 0 Å². The Morgan fingerprint density at radius 2 is 2.13 bits per heavy atom. The molecule has 7 heteroatoms. The van der Waals surface area contributed by atoms with E-state index in [1.807, 2.05) is 39.0 Å². The first kappa shape index (κ1) is 16.8. The van der Waals surface area contributed by atoms with Crippen LogP contribution in [0.25, 0.3) is 11.5 Å². The molecular formula is C16H22N4O3. The van der Waals surface area contributed by atoms with Gasteiger partial charge in [0.05, 0.1) is 6.26 Å². The SMILES string of the molecule is CC(C)(C)OC(=O)NCCCNc1cc(-c2ccco2)ncn1. The lowest BCUT2D eigenvalue weighted by Gasteiger charge is -2.19. The molecule has 0 unspecified atom stereocenters. The molecule has 0 aliphatic rings. The molecule has 124 valence electrons. The van der Waals surface area contributed by atoms with E-state index in [4.69, 9.17) is 9.15 Å². The topological polar surface area (TPSA) is 89.3 Å². The summed E-state index contributed by atoms with van der Waals surface area (Å²) in [4.78, 5) is 19.8. The maximum Gasteiger partial charge on any atom is 0.407 e. The van der Waals surface area contributed by atoms with E-state index in [0.717, 1.165) is 12.1 Å². The molecule has 23 heavy (non-hydrogen) atoms. The van der Waals surface area contributed by atoms with Gasteiger partial charge in [-0.1, -0.05) is 0 Å². The Balaban J connectivity index is 1.71. The number of alkyl carbamates (subject to hydrolysis) is 1. The highest BCUT2D eigenvalue weighted by Gasteiger charge is 2.15. The smallest absolute Gasteiger partial charge is 0.407 e. The number of hydrogen-bond acceptors (Lipinski definition) is 6. The number of amides is 1. The number of aromatic nitrogens is 2. The van der Waals surface area contributed by atoms with Gasteiger partial charge in [0.2, 0.25) is 0 Å². The third-order valence-electron chi connectivity index (χ3n) is 2.77. The van der Waals surface area contributed by atoms with Crippen LogP contribution < -0.4 is 10.6 Å². The Bertz CT molecular complexity index is 621. The van der Waals surface area contributed by atoms with Crippen LogP contribution in [0.5, 0.6) is 0 Å². The van der Waals surface area contributed by atoms with Crippen molar-refractivity contribution in [2.45, 2.75) is 32.8 Å². The fourth-order valence-electron chi connectivity index (χ4n) is 1.82. The van der Waals surface area contributed by atoms with E-state index in [1.54, 1.807) is 6.26 Å². The third kappa shape index (κ3) is 5.98. The molecule has 2 rings (SSSR count). The standard InChI is InChI=1S/C16H22N4O3/c1-16(2,3)23-15(21)18-8-5-7-17-14-10-12(19-11-20-14)13-6-4-9-22-13/h4,6,9-11H,5,7-8H2,1-3H3,(H,18,21)(H,17,19,20). The summed E-state index contributed by atoms with van der Waals surface area (Å²) < 4.78 is 10.5. The van der Waals surface area contributed by atoms with Crippen molar-refractivity contribution in [3.63, 3.8) is 0 Å². The van der Waals surface area contributed by atoms with Crippen molar-refractivity contribution in [1.29, 1.82) is 0 Å². The Morgan fingerprint density at radius 3 is 2.83 bits per heavy atom. The van der Waals surface area contributed by atoms with Crippen LogP contribution in [0.4, 0.5) is 10.6 Å². The van der Waals surface area contributed by atoms with Crippen LogP contribution in [0.2, 0.25) is 0 Å². The average molecular weight is 318 g/mol. The minimum atomic E-state index is -0.481. The predicted octanol–water partition coefficient (Wildman–Crippen LogP) is 3.06. The molecule has 0 atom stereocenters. The molecule has 1 amide bonds. The summed E-state index contributed by atoms with van der Waals surface area (Å²) in [7, 11) is 0. The summed E-state index contributed by atoms with van der Waals surface area (Å²) in [6, 6.07) is 5.48. The molecule has 0 radical (unpaired) electrons. The average Bonchev–Trinajstić information content (AvgIpc) is 2.99. The number of hydrogen-bond donors (Lipinski definition) is 2. The first-order chi connectivity index (χ1) is 10.9. The van der Waals surface area contributed by atoms with Crippen molar-refractivity contribution in [3.05, 3.63) is 30.8 Å². The molecule has 0 aliphatic heterocycles. The molecule has 2 heterocycles. The molecule has 0 fully saturated rings. The maximum absolute atomic E-state index is 11.5. The number of anilines is 1. The quantitative estimate of drug-likeness (QED) is 0.796. The fraction of sp³-hybridized carbons (Fsp3) is 0.438. The number of rotatable bonds is 6. The fourth-order valence-corrected chi connectivity index (χ4v) is 1.82. The van der Waals surface area contributed by atoms with Crippen molar-refractivity contribution in [3.8, 4) is 11.5 Å². The lowest BCUT2D eigenvalue weighted by molar-refractivity contribution is 0.0528. The number of carbonyl (C=O) groups excluding carboxylic acids is 1. The van der Waals surface area contributed by atoms with Gasteiger partial charge in [-0.25, -0.2) is 14.8 Å². The first-order valence-electron chi connectivity index (χ1n) is 7.51. The Hall–Kier alpha value is -2.57. The van der Waals surface area contributed by atoms with Gasteiger partial charge in [-0.2, -0.15) is 0 Å². The maximum atomic E-state index is 11.5. The minimum absolute atomic E-state index is 0.403. The first-order valence-corrected chi connectivity index (χ1v) is 7.51. The van der Waals surface area contributed by atoms with Crippen LogP contribution in [-0.4, -0.2) is 34.8 Å². The minimum Gasteiger partial charge on any atom is -0.463 e. The number of nitrogens with one attached hydrogen (secondary N) is 2. The molecule has 0 bridgehead atoms. The number of nitrogens with zero attached hydrogens (tertiary/aromatic N) is 2. The molecule has 0 saturated heterocycles. The van der Waals surface area contributed by atoms with Gasteiger partial charge in [-0.15, -0.1) is 0 Å². The molecule has 0 saturated carbocycles. The second kappa shape index (κ2) is 7.62. The molecule has 2 N–H and O–H groups in total. The summed E-state index contributed by atoms with van der Waals surface area (Å²) in [5.41, 5.74) is 0.241. The summed E-state index contributed by atoms with van der Waals surface area (Å²) in [6.07, 6.45) is 3.44. The molecule has 7 nitrogen and oxygen atoms in total. The van der Waals surface area contributed by atoms with E-state index in [1.165, 1.54) is 6.33 Å². The van der Waals surface area contributed by atoms with Gasteiger partial charge < -0.3 is 19.8 Å². The zero-order valence-corrected chi connectivity index (χ0v) is 13.6. The van der Waals surface area contributed by atoms with Gasteiger partial charge in [-0.3, -0.25) is 0 Å². The third-order valence-corrected chi connectivity index (χ3v) is 2.77. The van der Waals surface area contributed by atoms with Crippen LogP contribution in [0.1, 0.15) is 27.2 Å². The Morgan fingerprint density at radius 1 is 1.30 bits per heavy atom. The summed E-state index contributed by atoms with van der Waals surface area (Å²) >= 11 is 0. The van der Waals surface area contributed by atoms with Gasteiger partial charge in [0.15, 0.2) is 5.76 Å². The van der Waals surface area contributed by atoms with Gasteiger partial charge in [0, 0.05) is 19.2 Å². The second-order valence-electron chi connectivity index (χ2n) is 5.97. The van der Waals surface area contributed by atoms with Crippen molar-refractivity contribution < 1.29 is 13.9 Å². The highest BCUT2D eigenvalue weighted by molar-refractivity contribution is 5.67. The number of ether oxygens (including phenoxy) is 1. The summed E-state index contributed by atoms with van der Waals surface area (Å²) in [6.45, 7) is 6.70. The van der Waals surface area contributed by atoms with Crippen molar-refractivity contribution >= 4 is 11.9 Å². The Kier molecular flexibility index (Phi) is 5.56. The van der Waals surface area contributed by atoms with E-state index in [9.17, 15) is 4.79 Å². The zero-order valence-electron chi connectivity index (χ0n) is 13.6. The van der Waals surface area contributed by atoms with E-state index in [0.29, 0.717) is 24.7 Å². The van der Waals surface area contributed by atoms with Gasteiger partial charge in [0.25, 0.3) is 0 Å². The lowest BCUT2D eigenvalue weighted by Crippen LogP contribution is -2.33. The second-order valence-corrected chi connectivity index (χ2v) is 5.97. The van der Waals surface area contributed by atoms with Gasteiger partial charge in [-0.05, 0) is 39.3 Å². The molecule has 2 aromatic heterocycles. The van der Waals surface area contributed by atoms with Crippen molar-refractivity contribution in [2.24, 2.45) is 0 Å². The zero-order chi connectivity index (χ0) is 16.7. The highest BCUT2D eigenvalue weighted by atomic mass is 16.6. The lowest BCUT2D eigenvalue weighted by atomic mass is 10.2. The largest absolute Gasteiger partial charge is 0.463 e. The molecule has 0 aromatic carbocycles. The van der Waals surface area contributed by atoms with Crippen LogP contribution in [0.3, 0.4) is 0 Å². The number of furan rings is 1. The Labute approximate surface area is 135 Å². The molecule has 0 aliphatic carbocycles. The van der Waals surface area contributed by atoms with Crippen LogP contribution in [0, 0.1) is 0 Å². The summed E-state index contributed by atoms with van der Waals surface area (Å²) in [5, 5.41) is 5.89. The van der Waals surface area contributed by atoms with E-state index in [-0.39, 0.29) is 0 Å². The predicted molar refractivity (Wildman–Crippen MR) is 87.1 cm³/mol. The monoisotopic (exact) mass is 318 g/mol. The summed E-state index contributed by atoms with van der Waals surface area (Å²) in [5.74, 6) is 1.41. The van der Waals surface area contributed by atoms with Crippen molar-refractivity contribution in [1.82, 2.24) is 15.3 Å². The van der Waals surface area contributed by atoms with Crippen molar-refractivity contribution in [2.75, 3.05) is 18.4 Å². The van der Waals surface area contributed by atoms with Crippen LogP contribution in [0.15, 0.2) is 35.2 Å². The van der Waals surface area contributed by atoms with Gasteiger partial charge in [0.1, 0.15) is 23.4 Å². The van der Waals surface area contributed by atoms with E-state index < -0.39 is 11.7 Å². The molecular weight excluding hydrogens is 296 g/mol. The van der Waals surface area contributed by atoms with Crippen LogP contribution >= 0.6 is 0 Å². The van der Waals surface area contributed by atoms with Crippen LogP contribution in [-0.2, 0) is 4.74 Å². The molecule has 0 spiro atoms.